The number of fused-ring (bicyclic) bond motifs is 3. The number of methoxy groups -OCH3 is 1. The summed E-state index contributed by atoms with van der Waals surface area (Å²) in [4.78, 5) is 12.6. The number of sulfone groups is 1. The lowest BCUT2D eigenvalue weighted by Gasteiger charge is -2.21. The molecule has 0 unspecified atom stereocenters. The van der Waals surface area contributed by atoms with Gasteiger partial charge in [-0.3, -0.25) is 0 Å². The first-order valence-electron chi connectivity index (χ1n) is 11.1. The molecule has 0 aliphatic carbocycles. The summed E-state index contributed by atoms with van der Waals surface area (Å²) < 4.78 is 45.7. The van der Waals surface area contributed by atoms with Crippen molar-refractivity contribution in [2.45, 2.75) is 43.7 Å². The van der Waals surface area contributed by atoms with Crippen LogP contribution in [0.1, 0.15) is 44.4 Å². The van der Waals surface area contributed by atoms with Crippen molar-refractivity contribution in [3.63, 3.8) is 0 Å². The molecule has 0 bridgehead atoms. The molecule has 0 amide bonds. The van der Waals surface area contributed by atoms with Gasteiger partial charge in [0.1, 0.15) is 24.0 Å². The molecule has 0 saturated heterocycles. The average molecular weight is 523 g/mol. The van der Waals surface area contributed by atoms with Crippen molar-refractivity contribution in [1.29, 1.82) is 0 Å². The lowest BCUT2D eigenvalue weighted by molar-refractivity contribution is 0.122. The van der Waals surface area contributed by atoms with Gasteiger partial charge in [-0.2, -0.15) is 0 Å². The number of hydrogen-bond donors (Lipinski definition) is 0. The molecule has 0 N–H and O–H groups in total. The maximum absolute atomic E-state index is 13.4. The Morgan fingerprint density at radius 1 is 1.23 bits per heavy atom. The SMILES string of the molecule is CCOc1nccc2c1OC[C@@H](COC)n1c(CS(=O)(=O)[C@@H](C)[C@H](C)c3ncc(Cl)cn3)nnc1-2. The summed E-state index contributed by atoms with van der Waals surface area (Å²) in [5.74, 6) is 1.18. The fraction of sp³-hybridized carbons (Fsp3) is 0.500. The first-order valence-corrected chi connectivity index (χ1v) is 13.2. The van der Waals surface area contributed by atoms with Gasteiger partial charge in [0.15, 0.2) is 21.4 Å². The predicted octanol–water partition coefficient (Wildman–Crippen LogP) is 2.87. The number of aromatic nitrogens is 6. The monoisotopic (exact) mass is 522 g/mol. The van der Waals surface area contributed by atoms with Gasteiger partial charge in [0.2, 0.25) is 0 Å². The Kier molecular flexibility index (Phi) is 7.53. The van der Waals surface area contributed by atoms with Crippen LogP contribution in [0.5, 0.6) is 11.6 Å². The molecule has 3 atom stereocenters. The Morgan fingerprint density at radius 3 is 2.66 bits per heavy atom. The van der Waals surface area contributed by atoms with Gasteiger partial charge in [0.25, 0.3) is 5.88 Å². The van der Waals surface area contributed by atoms with Crippen molar-refractivity contribution >= 4 is 21.4 Å². The summed E-state index contributed by atoms with van der Waals surface area (Å²) in [6.07, 6.45) is 4.50. The van der Waals surface area contributed by atoms with E-state index in [9.17, 15) is 8.42 Å². The molecule has 0 radical (unpaired) electrons. The Bertz CT molecular complexity index is 1280. The lowest BCUT2D eigenvalue weighted by atomic mass is 10.1. The van der Waals surface area contributed by atoms with E-state index in [-0.39, 0.29) is 25.0 Å². The zero-order valence-corrected chi connectivity index (χ0v) is 21.5. The molecule has 4 heterocycles. The second-order valence-electron chi connectivity index (χ2n) is 8.22. The maximum atomic E-state index is 13.4. The van der Waals surface area contributed by atoms with Crippen LogP contribution in [0.3, 0.4) is 0 Å². The standard InChI is InChI=1S/C22H27ClN6O5S/c1-5-33-22-19-17(6-7-24-22)21-28-27-18(29(21)16(10-32-4)11-34-19)12-35(30,31)14(3)13(2)20-25-8-15(23)9-26-20/h6-9,13-14,16H,5,10-12H2,1-4H3/t13-,14-,16+/m0/s1. The molecular weight excluding hydrogens is 496 g/mol. The summed E-state index contributed by atoms with van der Waals surface area (Å²) in [5, 5.41) is 8.22. The molecule has 3 aromatic rings. The third kappa shape index (κ3) is 5.09. The van der Waals surface area contributed by atoms with Crippen LogP contribution in [0, 0.1) is 0 Å². The quantitative estimate of drug-likeness (QED) is 0.413. The van der Waals surface area contributed by atoms with Gasteiger partial charge < -0.3 is 18.8 Å². The molecule has 188 valence electrons. The molecule has 1 aliphatic heterocycles. The van der Waals surface area contributed by atoms with E-state index >= 15 is 0 Å². The van der Waals surface area contributed by atoms with Crippen LogP contribution in [-0.2, 0) is 20.3 Å². The summed E-state index contributed by atoms with van der Waals surface area (Å²) in [6, 6.07) is 1.39. The zero-order valence-electron chi connectivity index (χ0n) is 19.9. The smallest absolute Gasteiger partial charge is 0.257 e. The zero-order chi connectivity index (χ0) is 25.2. The Morgan fingerprint density at radius 2 is 1.97 bits per heavy atom. The van der Waals surface area contributed by atoms with Crippen molar-refractivity contribution < 1.29 is 22.6 Å². The number of rotatable bonds is 9. The van der Waals surface area contributed by atoms with E-state index < -0.39 is 21.0 Å². The highest BCUT2D eigenvalue weighted by Gasteiger charge is 2.35. The van der Waals surface area contributed by atoms with Gasteiger partial charge in [-0.1, -0.05) is 18.5 Å². The molecular formula is C22H27ClN6O5S. The van der Waals surface area contributed by atoms with Gasteiger partial charge in [-0.15, -0.1) is 10.2 Å². The van der Waals surface area contributed by atoms with E-state index in [4.69, 9.17) is 25.8 Å². The first-order chi connectivity index (χ1) is 16.8. The van der Waals surface area contributed by atoms with Gasteiger partial charge >= 0.3 is 0 Å². The third-order valence-corrected chi connectivity index (χ3v) is 8.35. The lowest BCUT2D eigenvalue weighted by Crippen LogP contribution is -2.29. The molecule has 13 heteroatoms. The fourth-order valence-corrected chi connectivity index (χ4v) is 5.59. The topological polar surface area (TPSA) is 131 Å². The summed E-state index contributed by atoms with van der Waals surface area (Å²) in [7, 11) is -2.10. The highest BCUT2D eigenvalue weighted by atomic mass is 35.5. The minimum Gasteiger partial charge on any atom is -0.485 e. The van der Waals surface area contributed by atoms with E-state index in [0.717, 1.165) is 0 Å². The van der Waals surface area contributed by atoms with Crippen molar-refractivity contribution in [1.82, 2.24) is 29.7 Å². The molecule has 0 aromatic carbocycles. The number of halogens is 1. The van der Waals surface area contributed by atoms with Gasteiger partial charge in [-0.25, -0.2) is 23.4 Å². The van der Waals surface area contributed by atoms with Crippen molar-refractivity contribution in [2.24, 2.45) is 0 Å². The third-order valence-electron chi connectivity index (χ3n) is 5.95. The van der Waals surface area contributed by atoms with Gasteiger partial charge in [-0.05, 0) is 19.9 Å². The molecule has 4 rings (SSSR count). The summed E-state index contributed by atoms with van der Waals surface area (Å²) in [5.41, 5.74) is 0.620. The molecule has 35 heavy (non-hydrogen) atoms. The second kappa shape index (κ2) is 10.4. The minimum atomic E-state index is -3.67. The van der Waals surface area contributed by atoms with Crippen LogP contribution >= 0.6 is 11.6 Å². The number of nitrogens with zero attached hydrogens (tertiary/aromatic N) is 6. The number of hydrogen-bond acceptors (Lipinski definition) is 10. The first kappa shape index (κ1) is 25.3. The number of pyridine rings is 1. The Hall–Kier alpha value is -2.83. The molecule has 0 spiro atoms. The molecule has 0 fully saturated rings. The average Bonchev–Trinajstić information content (AvgIpc) is 3.16. The fourth-order valence-electron chi connectivity index (χ4n) is 3.93. The molecule has 11 nitrogen and oxygen atoms in total. The summed E-state index contributed by atoms with van der Waals surface area (Å²) in [6.45, 7) is 6.16. The largest absolute Gasteiger partial charge is 0.485 e. The van der Waals surface area contributed by atoms with E-state index in [1.165, 1.54) is 12.4 Å². The Labute approximate surface area is 208 Å². The summed E-state index contributed by atoms with van der Waals surface area (Å²) >= 11 is 5.87. The second-order valence-corrected chi connectivity index (χ2v) is 11.0. The highest BCUT2D eigenvalue weighted by Crippen LogP contribution is 2.40. The normalized spacial score (nSPS) is 17.0. The van der Waals surface area contributed by atoms with Crippen LogP contribution in [-0.4, -0.2) is 70.3 Å². The van der Waals surface area contributed by atoms with Crippen LogP contribution in [0.2, 0.25) is 5.02 Å². The van der Waals surface area contributed by atoms with E-state index in [2.05, 4.69) is 25.1 Å². The predicted molar refractivity (Wildman–Crippen MR) is 128 cm³/mol. The van der Waals surface area contributed by atoms with Crippen LogP contribution in [0.25, 0.3) is 11.4 Å². The molecule has 0 saturated carbocycles. The minimum absolute atomic E-state index is 0.204. The van der Waals surface area contributed by atoms with Gasteiger partial charge in [0, 0.05) is 31.6 Å². The molecule has 1 aliphatic rings. The Balaban J connectivity index is 1.70. The highest BCUT2D eigenvalue weighted by molar-refractivity contribution is 7.91. The van der Waals surface area contributed by atoms with Crippen LogP contribution in [0.15, 0.2) is 24.7 Å². The van der Waals surface area contributed by atoms with Crippen molar-refractivity contribution in [2.75, 3.05) is 26.9 Å². The van der Waals surface area contributed by atoms with E-state index in [0.29, 0.717) is 46.3 Å². The van der Waals surface area contributed by atoms with Crippen LogP contribution in [0.4, 0.5) is 0 Å². The van der Waals surface area contributed by atoms with Crippen molar-refractivity contribution in [3.8, 4) is 23.0 Å². The van der Waals surface area contributed by atoms with Gasteiger partial charge in [0.05, 0.1) is 35.1 Å². The number of ether oxygens (including phenoxy) is 3. The van der Waals surface area contributed by atoms with Crippen LogP contribution < -0.4 is 9.47 Å². The van der Waals surface area contributed by atoms with E-state index in [1.807, 2.05) is 6.92 Å². The van der Waals surface area contributed by atoms with E-state index in [1.54, 1.807) is 37.8 Å². The van der Waals surface area contributed by atoms with Crippen molar-refractivity contribution in [3.05, 3.63) is 41.3 Å². The maximum Gasteiger partial charge on any atom is 0.257 e. The molecule has 3 aromatic heterocycles.